The molecule has 2 rings (SSSR count). The van der Waals surface area contributed by atoms with Gasteiger partial charge in [-0.15, -0.1) is 0 Å². The fraction of sp³-hybridized carbons (Fsp3) is 0.235. The number of nitrogens with one attached hydrogen (secondary N) is 1. The van der Waals surface area contributed by atoms with Crippen molar-refractivity contribution in [2.24, 2.45) is 0 Å². The highest BCUT2D eigenvalue weighted by Crippen LogP contribution is 2.24. The molecule has 2 aromatic rings. The summed E-state index contributed by atoms with van der Waals surface area (Å²) in [5, 5.41) is 3.92. The molecule has 0 atom stereocenters. The van der Waals surface area contributed by atoms with E-state index in [0.717, 1.165) is 21.5 Å². The fourth-order valence-corrected chi connectivity index (χ4v) is 2.64. The van der Waals surface area contributed by atoms with E-state index in [1.54, 1.807) is 7.11 Å². The van der Waals surface area contributed by atoms with Gasteiger partial charge in [0.15, 0.2) is 5.11 Å². The number of anilines is 1. The van der Waals surface area contributed by atoms with Gasteiger partial charge in [0.1, 0.15) is 5.75 Å². The van der Waals surface area contributed by atoms with Gasteiger partial charge in [-0.25, -0.2) is 0 Å². The molecule has 0 aromatic heterocycles. The lowest BCUT2D eigenvalue weighted by molar-refractivity contribution is 0.399. The van der Waals surface area contributed by atoms with E-state index in [0.29, 0.717) is 11.7 Å². The smallest absolute Gasteiger partial charge is 0.173 e. The molecule has 0 unspecified atom stereocenters. The van der Waals surface area contributed by atoms with Crippen LogP contribution in [0, 0.1) is 6.92 Å². The second-order valence-corrected chi connectivity index (χ2v) is 6.41. The van der Waals surface area contributed by atoms with Gasteiger partial charge in [0.2, 0.25) is 0 Å². The third-order valence-corrected chi connectivity index (χ3v) is 4.21. The van der Waals surface area contributed by atoms with Crippen LogP contribution in [0.3, 0.4) is 0 Å². The lowest BCUT2D eigenvalue weighted by atomic mass is 10.2. The summed E-state index contributed by atoms with van der Waals surface area (Å²) >= 11 is 8.96. The van der Waals surface area contributed by atoms with E-state index in [4.69, 9.17) is 17.0 Å². The summed E-state index contributed by atoms with van der Waals surface area (Å²) in [7, 11) is 3.64. The first-order valence-electron chi connectivity index (χ1n) is 6.91. The maximum atomic E-state index is 5.47. The minimum atomic E-state index is 0.667. The molecule has 0 bridgehead atoms. The van der Waals surface area contributed by atoms with Crippen LogP contribution in [0.25, 0.3) is 0 Å². The van der Waals surface area contributed by atoms with Gasteiger partial charge < -0.3 is 15.0 Å². The Labute approximate surface area is 145 Å². The number of thiocarbonyl (C=S) groups is 1. The number of rotatable bonds is 4. The lowest BCUT2D eigenvalue weighted by Crippen LogP contribution is -2.30. The SMILES string of the molecule is COc1ccc(Br)cc1CN(C)C(=S)Nc1ccc(C)cc1. The van der Waals surface area contributed by atoms with Crippen molar-refractivity contribution in [1.82, 2.24) is 4.90 Å². The second kappa shape index (κ2) is 7.61. The number of nitrogens with zero attached hydrogens (tertiary/aromatic N) is 1. The molecule has 0 saturated heterocycles. The number of hydrogen-bond acceptors (Lipinski definition) is 2. The van der Waals surface area contributed by atoms with E-state index in [-0.39, 0.29) is 0 Å². The molecule has 0 spiro atoms. The maximum absolute atomic E-state index is 5.47. The molecule has 0 amide bonds. The van der Waals surface area contributed by atoms with Crippen LogP contribution < -0.4 is 10.1 Å². The van der Waals surface area contributed by atoms with Crippen molar-refractivity contribution < 1.29 is 4.74 Å². The molecule has 22 heavy (non-hydrogen) atoms. The van der Waals surface area contributed by atoms with Crippen molar-refractivity contribution in [3.05, 3.63) is 58.1 Å². The van der Waals surface area contributed by atoms with Gasteiger partial charge in [0.25, 0.3) is 0 Å². The number of ether oxygens (including phenoxy) is 1. The van der Waals surface area contributed by atoms with E-state index in [1.807, 2.05) is 42.3 Å². The number of hydrogen-bond donors (Lipinski definition) is 1. The van der Waals surface area contributed by atoms with E-state index in [9.17, 15) is 0 Å². The average molecular weight is 379 g/mol. The Bertz CT molecular complexity index is 658. The topological polar surface area (TPSA) is 24.5 Å². The summed E-state index contributed by atoms with van der Waals surface area (Å²) in [6.45, 7) is 2.73. The lowest BCUT2D eigenvalue weighted by Gasteiger charge is -2.22. The first-order valence-corrected chi connectivity index (χ1v) is 8.11. The van der Waals surface area contributed by atoms with Crippen LogP contribution in [0.5, 0.6) is 5.75 Å². The van der Waals surface area contributed by atoms with Crippen LogP contribution in [0.4, 0.5) is 5.69 Å². The highest BCUT2D eigenvalue weighted by atomic mass is 79.9. The van der Waals surface area contributed by atoms with Crippen LogP contribution in [0.15, 0.2) is 46.9 Å². The predicted molar refractivity (Wildman–Crippen MR) is 99.6 cm³/mol. The minimum absolute atomic E-state index is 0.667. The van der Waals surface area contributed by atoms with Gasteiger partial charge in [-0.3, -0.25) is 0 Å². The van der Waals surface area contributed by atoms with Gasteiger partial charge in [-0.1, -0.05) is 33.6 Å². The molecule has 0 heterocycles. The molecule has 0 fully saturated rings. The normalized spacial score (nSPS) is 10.2. The van der Waals surface area contributed by atoms with Crippen molar-refractivity contribution in [3.63, 3.8) is 0 Å². The third kappa shape index (κ3) is 4.45. The molecule has 0 saturated carbocycles. The zero-order valence-corrected chi connectivity index (χ0v) is 15.3. The van der Waals surface area contributed by atoms with Crippen LogP contribution >= 0.6 is 28.1 Å². The van der Waals surface area contributed by atoms with E-state index in [2.05, 4.69) is 40.3 Å². The quantitative estimate of drug-likeness (QED) is 0.785. The number of halogens is 1. The standard InChI is InChI=1S/C17H19BrN2OS/c1-12-4-7-15(8-5-12)19-17(22)20(2)11-13-10-14(18)6-9-16(13)21-3/h4-10H,11H2,1-3H3,(H,19,22). The Morgan fingerprint density at radius 2 is 1.91 bits per heavy atom. The Kier molecular flexibility index (Phi) is 5.80. The van der Waals surface area contributed by atoms with E-state index >= 15 is 0 Å². The Hall–Kier alpha value is -1.59. The van der Waals surface area contributed by atoms with Gasteiger partial charge in [0.05, 0.1) is 7.11 Å². The van der Waals surface area contributed by atoms with Gasteiger partial charge in [-0.05, 0) is 49.5 Å². The van der Waals surface area contributed by atoms with Gasteiger partial charge >= 0.3 is 0 Å². The Morgan fingerprint density at radius 1 is 1.23 bits per heavy atom. The zero-order chi connectivity index (χ0) is 16.1. The number of aryl methyl sites for hydroxylation is 1. The van der Waals surface area contributed by atoms with E-state index in [1.165, 1.54) is 5.56 Å². The molecular weight excluding hydrogens is 360 g/mol. The maximum Gasteiger partial charge on any atom is 0.173 e. The average Bonchev–Trinajstić information content (AvgIpc) is 2.49. The molecule has 1 N–H and O–H groups in total. The van der Waals surface area contributed by atoms with Crippen molar-refractivity contribution >= 4 is 38.9 Å². The third-order valence-electron chi connectivity index (χ3n) is 3.30. The molecule has 0 aliphatic rings. The summed E-state index contributed by atoms with van der Waals surface area (Å²) in [5.74, 6) is 0.855. The molecule has 116 valence electrons. The zero-order valence-electron chi connectivity index (χ0n) is 12.9. The number of benzene rings is 2. The molecule has 0 aliphatic heterocycles. The van der Waals surface area contributed by atoms with Crippen LogP contribution in [-0.2, 0) is 6.54 Å². The first-order chi connectivity index (χ1) is 10.5. The number of methoxy groups -OCH3 is 1. The summed E-state index contributed by atoms with van der Waals surface area (Å²) < 4.78 is 6.42. The fourth-order valence-electron chi connectivity index (χ4n) is 2.05. The molecular formula is C17H19BrN2OS. The van der Waals surface area contributed by atoms with Gasteiger partial charge in [-0.2, -0.15) is 0 Å². The van der Waals surface area contributed by atoms with Crippen molar-refractivity contribution in [3.8, 4) is 5.75 Å². The van der Waals surface area contributed by atoms with Crippen LogP contribution in [0.2, 0.25) is 0 Å². The van der Waals surface area contributed by atoms with Crippen LogP contribution in [-0.4, -0.2) is 24.2 Å². The highest BCUT2D eigenvalue weighted by Gasteiger charge is 2.10. The Morgan fingerprint density at radius 3 is 2.55 bits per heavy atom. The van der Waals surface area contributed by atoms with E-state index < -0.39 is 0 Å². The molecule has 3 nitrogen and oxygen atoms in total. The van der Waals surface area contributed by atoms with Crippen molar-refractivity contribution in [1.29, 1.82) is 0 Å². The predicted octanol–water partition coefficient (Wildman–Crippen LogP) is 4.59. The summed E-state index contributed by atoms with van der Waals surface area (Å²) in [6.07, 6.45) is 0. The Balaban J connectivity index is 2.05. The molecule has 0 radical (unpaired) electrons. The summed E-state index contributed by atoms with van der Waals surface area (Å²) in [6, 6.07) is 14.1. The van der Waals surface area contributed by atoms with Crippen LogP contribution in [0.1, 0.15) is 11.1 Å². The monoisotopic (exact) mass is 378 g/mol. The molecule has 0 aliphatic carbocycles. The molecule has 5 heteroatoms. The summed E-state index contributed by atoms with van der Waals surface area (Å²) in [4.78, 5) is 1.99. The minimum Gasteiger partial charge on any atom is -0.496 e. The molecule has 2 aromatic carbocycles. The first kappa shape index (κ1) is 16.8. The summed E-state index contributed by atoms with van der Waals surface area (Å²) in [5.41, 5.74) is 3.29. The second-order valence-electron chi connectivity index (χ2n) is 5.11. The van der Waals surface area contributed by atoms with Crippen molar-refractivity contribution in [2.45, 2.75) is 13.5 Å². The largest absolute Gasteiger partial charge is 0.496 e. The highest BCUT2D eigenvalue weighted by molar-refractivity contribution is 9.10. The van der Waals surface area contributed by atoms with Crippen molar-refractivity contribution in [2.75, 3.05) is 19.5 Å². The van der Waals surface area contributed by atoms with Gasteiger partial charge in [0, 0.05) is 29.3 Å².